The van der Waals surface area contributed by atoms with Gasteiger partial charge in [-0.15, -0.1) is 0 Å². The standard InChI is InChI=1S/C20H27N3OS/c21-14-7-15-23(16-18-10-5-2-6-11-18)20(25)22-19(24)13-12-17-8-3-1-4-9-17/h2,5-6,10-11,17H,1,3-4,7-9,12-13,15-16H2,(H,22,24,25). The molecule has 1 aromatic rings. The van der Waals surface area contributed by atoms with Crippen LogP contribution in [0.4, 0.5) is 0 Å². The van der Waals surface area contributed by atoms with Gasteiger partial charge in [-0.1, -0.05) is 62.4 Å². The van der Waals surface area contributed by atoms with E-state index in [0.29, 0.717) is 37.0 Å². The van der Waals surface area contributed by atoms with E-state index < -0.39 is 0 Å². The van der Waals surface area contributed by atoms with Crippen molar-refractivity contribution in [2.75, 3.05) is 6.54 Å². The molecule has 0 aliphatic heterocycles. The molecule has 0 heterocycles. The van der Waals surface area contributed by atoms with Crippen LogP contribution in [0.2, 0.25) is 0 Å². The Balaban J connectivity index is 1.82. The molecule has 5 heteroatoms. The number of benzene rings is 1. The van der Waals surface area contributed by atoms with Crippen molar-refractivity contribution >= 4 is 23.2 Å². The number of carbonyl (C=O) groups excluding carboxylic acids is 1. The molecule has 1 aliphatic carbocycles. The van der Waals surface area contributed by atoms with Gasteiger partial charge < -0.3 is 10.2 Å². The first kappa shape index (κ1) is 19.4. The first-order valence-electron chi connectivity index (χ1n) is 9.18. The van der Waals surface area contributed by atoms with Crippen molar-refractivity contribution in [2.24, 2.45) is 5.92 Å². The minimum absolute atomic E-state index is 0.00871. The lowest BCUT2D eigenvalue weighted by Gasteiger charge is -2.25. The number of hydrogen-bond acceptors (Lipinski definition) is 3. The predicted molar refractivity (Wildman–Crippen MR) is 104 cm³/mol. The Morgan fingerprint density at radius 1 is 1.24 bits per heavy atom. The van der Waals surface area contributed by atoms with E-state index in [0.717, 1.165) is 12.0 Å². The molecule has 4 nitrogen and oxygen atoms in total. The molecule has 0 unspecified atom stereocenters. The summed E-state index contributed by atoms with van der Waals surface area (Å²) >= 11 is 5.42. The third-order valence-corrected chi connectivity index (χ3v) is 5.11. The molecular formula is C20H27N3OS. The Hall–Kier alpha value is -1.93. The van der Waals surface area contributed by atoms with E-state index >= 15 is 0 Å². The molecule has 0 radical (unpaired) electrons. The van der Waals surface area contributed by atoms with E-state index in [2.05, 4.69) is 11.4 Å². The van der Waals surface area contributed by atoms with E-state index in [1.54, 1.807) is 0 Å². The molecule has 1 N–H and O–H groups in total. The fourth-order valence-electron chi connectivity index (χ4n) is 3.31. The van der Waals surface area contributed by atoms with E-state index in [1.165, 1.54) is 32.1 Å². The van der Waals surface area contributed by atoms with Gasteiger partial charge in [0.15, 0.2) is 5.11 Å². The quantitative estimate of drug-likeness (QED) is 0.744. The van der Waals surface area contributed by atoms with Gasteiger partial charge in [-0.3, -0.25) is 4.79 Å². The Bertz CT molecular complexity index is 591. The van der Waals surface area contributed by atoms with Crippen molar-refractivity contribution in [1.29, 1.82) is 5.26 Å². The first-order valence-corrected chi connectivity index (χ1v) is 9.59. The number of nitriles is 1. The molecule has 1 amide bonds. The fraction of sp³-hybridized carbons (Fsp3) is 0.550. The van der Waals surface area contributed by atoms with Gasteiger partial charge in [0.05, 0.1) is 12.5 Å². The summed E-state index contributed by atoms with van der Waals surface area (Å²) in [7, 11) is 0. The second-order valence-corrected chi connectivity index (χ2v) is 7.10. The van der Waals surface area contributed by atoms with Crippen LogP contribution in [0, 0.1) is 17.2 Å². The van der Waals surface area contributed by atoms with E-state index in [-0.39, 0.29) is 5.91 Å². The topological polar surface area (TPSA) is 56.1 Å². The number of carbonyl (C=O) groups is 1. The van der Waals surface area contributed by atoms with Gasteiger partial charge in [0, 0.05) is 19.5 Å². The maximum atomic E-state index is 12.2. The number of nitrogens with one attached hydrogen (secondary N) is 1. The molecule has 2 rings (SSSR count). The summed E-state index contributed by atoms with van der Waals surface area (Å²) < 4.78 is 0. The lowest BCUT2D eigenvalue weighted by molar-refractivity contribution is -0.120. The normalized spacial score (nSPS) is 14.5. The second-order valence-electron chi connectivity index (χ2n) is 6.71. The van der Waals surface area contributed by atoms with E-state index in [4.69, 9.17) is 17.5 Å². The summed E-state index contributed by atoms with van der Waals surface area (Å²) in [5, 5.41) is 12.1. The Morgan fingerprint density at radius 2 is 1.96 bits per heavy atom. The average molecular weight is 358 g/mol. The molecule has 0 atom stereocenters. The van der Waals surface area contributed by atoms with Crippen LogP contribution < -0.4 is 5.32 Å². The number of rotatable bonds is 7. The highest BCUT2D eigenvalue weighted by Crippen LogP contribution is 2.27. The predicted octanol–water partition coefficient (Wildman–Crippen LogP) is 4.16. The molecule has 0 aromatic heterocycles. The lowest BCUT2D eigenvalue weighted by atomic mass is 9.86. The molecule has 1 aromatic carbocycles. The molecule has 0 bridgehead atoms. The SMILES string of the molecule is N#CCCN(Cc1ccccc1)C(=S)NC(=O)CCC1CCCCC1. The first-order chi connectivity index (χ1) is 12.2. The van der Waals surface area contributed by atoms with Crippen molar-refractivity contribution in [3.8, 4) is 6.07 Å². The van der Waals surface area contributed by atoms with Crippen molar-refractivity contribution < 1.29 is 4.79 Å². The van der Waals surface area contributed by atoms with Crippen LogP contribution in [0.1, 0.15) is 56.9 Å². The van der Waals surface area contributed by atoms with Crippen LogP contribution in [0.15, 0.2) is 30.3 Å². The highest BCUT2D eigenvalue weighted by atomic mass is 32.1. The van der Waals surface area contributed by atoms with Crippen molar-refractivity contribution in [3.05, 3.63) is 35.9 Å². The molecule has 1 saturated carbocycles. The summed E-state index contributed by atoms with van der Waals surface area (Å²) in [4.78, 5) is 14.1. The zero-order valence-corrected chi connectivity index (χ0v) is 15.6. The van der Waals surface area contributed by atoms with Crippen LogP contribution in [0.3, 0.4) is 0 Å². The van der Waals surface area contributed by atoms with Gasteiger partial charge in [-0.05, 0) is 30.1 Å². The van der Waals surface area contributed by atoms with E-state index in [1.807, 2.05) is 35.2 Å². The highest BCUT2D eigenvalue weighted by Gasteiger charge is 2.17. The molecule has 134 valence electrons. The average Bonchev–Trinajstić information content (AvgIpc) is 2.65. The van der Waals surface area contributed by atoms with E-state index in [9.17, 15) is 4.79 Å². The zero-order chi connectivity index (χ0) is 17.9. The summed E-state index contributed by atoms with van der Waals surface area (Å²) in [6.07, 6.45) is 8.28. The van der Waals surface area contributed by atoms with Crippen LogP contribution >= 0.6 is 12.2 Å². The Labute approximate surface area is 156 Å². The van der Waals surface area contributed by atoms with Crippen molar-refractivity contribution in [3.63, 3.8) is 0 Å². The van der Waals surface area contributed by atoms with Crippen LogP contribution in [0.25, 0.3) is 0 Å². The third kappa shape index (κ3) is 7.23. The van der Waals surface area contributed by atoms with Gasteiger partial charge in [0.2, 0.25) is 5.91 Å². The summed E-state index contributed by atoms with van der Waals surface area (Å²) in [6.45, 7) is 1.12. The van der Waals surface area contributed by atoms with Crippen molar-refractivity contribution in [1.82, 2.24) is 10.2 Å². The second kappa shape index (κ2) is 10.8. The summed E-state index contributed by atoms with van der Waals surface area (Å²) in [5.41, 5.74) is 1.11. The molecule has 1 aliphatic rings. The fourth-order valence-corrected chi connectivity index (χ4v) is 3.58. The number of thiocarbonyl (C=S) groups is 1. The van der Waals surface area contributed by atoms with Gasteiger partial charge in [-0.25, -0.2) is 0 Å². The minimum Gasteiger partial charge on any atom is -0.344 e. The highest BCUT2D eigenvalue weighted by molar-refractivity contribution is 7.80. The van der Waals surface area contributed by atoms with Crippen LogP contribution in [-0.2, 0) is 11.3 Å². The molecule has 0 spiro atoms. The molecule has 0 saturated heterocycles. The largest absolute Gasteiger partial charge is 0.344 e. The molecule has 25 heavy (non-hydrogen) atoms. The number of hydrogen-bond donors (Lipinski definition) is 1. The maximum absolute atomic E-state index is 12.2. The smallest absolute Gasteiger partial charge is 0.226 e. The third-order valence-electron chi connectivity index (χ3n) is 4.75. The molecule has 1 fully saturated rings. The number of nitrogens with zero attached hydrogens (tertiary/aromatic N) is 2. The monoisotopic (exact) mass is 357 g/mol. The Morgan fingerprint density at radius 3 is 2.64 bits per heavy atom. The van der Waals surface area contributed by atoms with Gasteiger partial charge in [-0.2, -0.15) is 5.26 Å². The minimum atomic E-state index is -0.00871. The van der Waals surface area contributed by atoms with Gasteiger partial charge in [0.25, 0.3) is 0 Å². The summed E-state index contributed by atoms with van der Waals surface area (Å²) in [5.74, 6) is 0.678. The number of amides is 1. The van der Waals surface area contributed by atoms with Crippen molar-refractivity contribution in [2.45, 2.75) is 57.9 Å². The molecular weight excluding hydrogens is 330 g/mol. The van der Waals surface area contributed by atoms with Crippen LogP contribution in [0.5, 0.6) is 0 Å². The van der Waals surface area contributed by atoms with Gasteiger partial charge >= 0.3 is 0 Å². The maximum Gasteiger partial charge on any atom is 0.226 e. The van der Waals surface area contributed by atoms with Gasteiger partial charge in [0.1, 0.15) is 0 Å². The zero-order valence-electron chi connectivity index (χ0n) is 14.7. The Kier molecular flexibility index (Phi) is 8.41. The lowest BCUT2D eigenvalue weighted by Crippen LogP contribution is -2.42. The summed E-state index contributed by atoms with van der Waals surface area (Å²) in [6, 6.07) is 12.1. The van der Waals surface area contributed by atoms with Crippen LogP contribution in [-0.4, -0.2) is 22.5 Å².